The van der Waals surface area contributed by atoms with Crippen molar-refractivity contribution in [2.45, 2.75) is 18.7 Å². The van der Waals surface area contributed by atoms with Crippen LogP contribution in [0.15, 0.2) is 47.6 Å². The Hall–Kier alpha value is -2.61. The van der Waals surface area contributed by atoms with Crippen LogP contribution in [-0.2, 0) is 15.8 Å². The third-order valence-electron chi connectivity index (χ3n) is 3.70. The quantitative estimate of drug-likeness (QED) is 0.782. The number of para-hydroxylation sites is 1. The normalized spacial score (nSPS) is 16.8. The minimum Gasteiger partial charge on any atom is -0.382 e. The molecule has 3 rings (SSSR count). The highest BCUT2D eigenvalue weighted by Gasteiger charge is 2.36. The summed E-state index contributed by atoms with van der Waals surface area (Å²) in [6.45, 7) is 0. The first-order chi connectivity index (χ1) is 12.3. The zero-order valence-corrected chi connectivity index (χ0v) is 13.7. The summed E-state index contributed by atoms with van der Waals surface area (Å²) in [7, 11) is 0. The van der Waals surface area contributed by atoms with Gasteiger partial charge in [-0.25, -0.2) is 4.39 Å². The summed E-state index contributed by atoms with van der Waals surface area (Å²) in [5, 5.41) is 5.92. The van der Waals surface area contributed by atoms with Gasteiger partial charge in [-0.3, -0.25) is 4.79 Å². The van der Waals surface area contributed by atoms with Gasteiger partial charge in [0.15, 0.2) is 0 Å². The lowest BCUT2D eigenvalue weighted by molar-refractivity contribution is -0.137. The largest absolute Gasteiger partial charge is 0.418 e. The number of carbonyl (C=O) groups excluding carboxylic acids is 1. The van der Waals surface area contributed by atoms with E-state index < -0.39 is 35.3 Å². The summed E-state index contributed by atoms with van der Waals surface area (Å²) in [4.78, 5) is 17.2. The Balaban J connectivity index is 1.75. The van der Waals surface area contributed by atoms with Gasteiger partial charge in [-0.15, -0.1) is 0 Å². The smallest absolute Gasteiger partial charge is 0.382 e. The fraction of sp³-hybridized carbons (Fsp3) is 0.176. The number of nitrogens with one attached hydrogen (secondary N) is 1. The summed E-state index contributed by atoms with van der Waals surface area (Å²) < 4.78 is 52.9. The molecule has 1 N–H and O–H groups in total. The van der Waals surface area contributed by atoms with Crippen LogP contribution >= 0.6 is 11.6 Å². The number of oxime groups is 1. The zero-order chi connectivity index (χ0) is 18.9. The van der Waals surface area contributed by atoms with Gasteiger partial charge in [0.25, 0.3) is 5.91 Å². The van der Waals surface area contributed by atoms with Crippen molar-refractivity contribution < 1.29 is 27.2 Å². The molecular formula is C17H11ClF4N2O2. The van der Waals surface area contributed by atoms with Crippen molar-refractivity contribution >= 4 is 28.9 Å². The number of anilines is 1. The molecule has 0 saturated carbocycles. The van der Waals surface area contributed by atoms with E-state index in [1.54, 1.807) is 0 Å². The first-order valence-corrected chi connectivity index (χ1v) is 7.79. The lowest BCUT2D eigenvalue weighted by atomic mass is 10.0. The Labute approximate surface area is 150 Å². The summed E-state index contributed by atoms with van der Waals surface area (Å²) in [6.07, 6.45) is -5.94. The molecule has 0 bridgehead atoms. The SMILES string of the molecule is O=C(Nc1ccccc1C(F)(F)F)C1CC(c2c(F)cccc2Cl)=NO1. The summed E-state index contributed by atoms with van der Waals surface area (Å²) in [5.41, 5.74) is -1.27. The Morgan fingerprint density at radius 3 is 2.62 bits per heavy atom. The first-order valence-electron chi connectivity index (χ1n) is 7.41. The molecule has 26 heavy (non-hydrogen) atoms. The van der Waals surface area contributed by atoms with Gasteiger partial charge in [0, 0.05) is 6.42 Å². The number of nitrogens with zero attached hydrogens (tertiary/aromatic N) is 1. The molecule has 9 heteroatoms. The Morgan fingerprint density at radius 1 is 1.19 bits per heavy atom. The average molecular weight is 387 g/mol. The Kier molecular flexibility index (Phi) is 4.86. The van der Waals surface area contributed by atoms with Crippen LogP contribution in [0.1, 0.15) is 17.5 Å². The fourth-order valence-electron chi connectivity index (χ4n) is 2.49. The van der Waals surface area contributed by atoms with Crippen molar-refractivity contribution in [3.8, 4) is 0 Å². The van der Waals surface area contributed by atoms with Crippen LogP contribution in [0.3, 0.4) is 0 Å². The maximum atomic E-state index is 13.9. The number of alkyl halides is 3. The molecule has 0 saturated heterocycles. The zero-order valence-electron chi connectivity index (χ0n) is 13.0. The fourth-order valence-corrected chi connectivity index (χ4v) is 2.76. The molecule has 2 aromatic rings. The summed E-state index contributed by atoms with van der Waals surface area (Å²) in [5.74, 6) is -1.46. The number of benzene rings is 2. The van der Waals surface area contributed by atoms with Crippen molar-refractivity contribution in [2.75, 3.05) is 5.32 Å². The molecule has 1 aliphatic heterocycles. The van der Waals surface area contributed by atoms with Crippen LogP contribution in [-0.4, -0.2) is 17.7 Å². The maximum absolute atomic E-state index is 13.9. The molecular weight excluding hydrogens is 376 g/mol. The second-order valence-electron chi connectivity index (χ2n) is 5.47. The van der Waals surface area contributed by atoms with Gasteiger partial charge < -0.3 is 10.2 Å². The number of amides is 1. The number of carbonyl (C=O) groups is 1. The standard InChI is InChI=1S/C17H11ClF4N2O2/c18-10-5-3-6-11(19)15(10)13-8-14(26-24-13)16(25)23-12-7-2-1-4-9(12)17(20,21)22/h1-7,14H,8H2,(H,23,25). The van der Waals surface area contributed by atoms with Crippen LogP contribution in [0.4, 0.5) is 23.2 Å². The van der Waals surface area contributed by atoms with Gasteiger partial charge in [0.1, 0.15) is 5.82 Å². The number of hydrogen-bond acceptors (Lipinski definition) is 3. The van der Waals surface area contributed by atoms with E-state index in [0.717, 1.165) is 12.1 Å². The molecule has 0 fully saturated rings. The van der Waals surface area contributed by atoms with E-state index in [2.05, 4.69) is 10.5 Å². The van der Waals surface area contributed by atoms with Crippen LogP contribution in [0.5, 0.6) is 0 Å². The Morgan fingerprint density at radius 2 is 1.92 bits per heavy atom. The number of halogens is 5. The van der Waals surface area contributed by atoms with Crippen molar-refractivity contribution in [2.24, 2.45) is 5.16 Å². The molecule has 0 aromatic heterocycles. The van der Waals surface area contributed by atoms with Gasteiger partial charge in [-0.05, 0) is 24.3 Å². The van der Waals surface area contributed by atoms with Crippen molar-refractivity contribution in [3.63, 3.8) is 0 Å². The minimum absolute atomic E-state index is 0.000147. The van der Waals surface area contributed by atoms with Gasteiger partial charge in [-0.2, -0.15) is 13.2 Å². The van der Waals surface area contributed by atoms with E-state index in [4.69, 9.17) is 16.4 Å². The van der Waals surface area contributed by atoms with Crippen LogP contribution in [0.2, 0.25) is 5.02 Å². The predicted octanol–water partition coefficient (Wildman–Crippen LogP) is 4.63. The monoisotopic (exact) mass is 386 g/mol. The lowest BCUT2D eigenvalue weighted by Crippen LogP contribution is -2.29. The molecule has 0 spiro atoms. The van der Waals surface area contributed by atoms with Crippen molar-refractivity contribution in [1.29, 1.82) is 0 Å². The van der Waals surface area contributed by atoms with E-state index in [1.165, 1.54) is 30.3 Å². The number of rotatable bonds is 3. The second-order valence-corrected chi connectivity index (χ2v) is 5.87. The maximum Gasteiger partial charge on any atom is 0.418 e. The van der Waals surface area contributed by atoms with Gasteiger partial charge in [0.2, 0.25) is 6.10 Å². The lowest BCUT2D eigenvalue weighted by Gasteiger charge is -2.15. The molecule has 4 nitrogen and oxygen atoms in total. The van der Waals surface area contributed by atoms with E-state index in [-0.39, 0.29) is 22.7 Å². The highest BCUT2D eigenvalue weighted by Crippen LogP contribution is 2.35. The van der Waals surface area contributed by atoms with Crippen LogP contribution < -0.4 is 5.32 Å². The molecule has 1 unspecified atom stereocenters. The van der Waals surface area contributed by atoms with Gasteiger partial charge >= 0.3 is 6.18 Å². The van der Waals surface area contributed by atoms with E-state index in [9.17, 15) is 22.4 Å². The predicted molar refractivity (Wildman–Crippen MR) is 87.5 cm³/mol. The van der Waals surface area contributed by atoms with Crippen LogP contribution in [0.25, 0.3) is 0 Å². The number of hydrogen-bond donors (Lipinski definition) is 1. The molecule has 2 aromatic carbocycles. The van der Waals surface area contributed by atoms with E-state index in [1.807, 2.05) is 0 Å². The summed E-state index contributed by atoms with van der Waals surface area (Å²) in [6, 6.07) is 8.60. The van der Waals surface area contributed by atoms with Crippen molar-refractivity contribution in [3.05, 3.63) is 64.4 Å². The highest BCUT2D eigenvalue weighted by molar-refractivity contribution is 6.34. The van der Waals surface area contributed by atoms with E-state index >= 15 is 0 Å². The van der Waals surface area contributed by atoms with E-state index in [0.29, 0.717) is 0 Å². The third-order valence-corrected chi connectivity index (χ3v) is 4.02. The molecule has 1 heterocycles. The van der Waals surface area contributed by atoms with Crippen molar-refractivity contribution in [1.82, 2.24) is 0 Å². The molecule has 1 aliphatic rings. The Bertz CT molecular complexity index is 863. The molecule has 0 aliphatic carbocycles. The summed E-state index contributed by atoms with van der Waals surface area (Å²) >= 11 is 5.94. The topological polar surface area (TPSA) is 50.7 Å². The molecule has 1 amide bonds. The van der Waals surface area contributed by atoms with Gasteiger partial charge in [-0.1, -0.05) is 35.0 Å². The molecule has 136 valence electrons. The minimum atomic E-state index is -4.62. The van der Waals surface area contributed by atoms with Gasteiger partial charge in [0.05, 0.1) is 27.5 Å². The average Bonchev–Trinajstić information content (AvgIpc) is 3.04. The third kappa shape index (κ3) is 3.65. The first kappa shape index (κ1) is 18.2. The van der Waals surface area contributed by atoms with Crippen LogP contribution in [0, 0.1) is 5.82 Å². The molecule has 0 radical (unpaired) electrons. The second kappa shape index (κ2) is 6.95. The molecule has 1 atom stereocenters. The highest BCUT2D eigenvalue weighted by atomic mass is 35.5.